The van der Waals surface area contributed by atoms with Crippen LogP contribution >= 0.6 is 0 Å². The molecular weight excluding hydrogens is 190 g/mol. The van der Waals surface area contributed by atoms with Crippen LogP contribution in [0.4, 0.5) is 0 Å². The molecule has 0 aromatic heterocycles. The van der Waals surface area contributed by atoms with Crippen LogP contribution in [0.1, 0.15) is 11.1 Å². The van der Waals surface area contributed by atoms with Crippen molar-refractivity contribution in [2.75, 3.05) is 0 Å². The Balaban J connectivity index is 2.22. The Bertz CT molecular complexity index is 412. The van der Waals surface area contributed by atoms with E-state index in [2.05, 4.69) is 0 Å². The molecule has 0 saturated carbocycles. The van der Waals surface area contributed by atoms with Gasteiger partial charge in [0, 0.05) is 5.92 Å². The molecule has 3 heteroatoms. The van der Waals surface area contributed by atoms with Gasteiger partial charge < -0.3 is 10.8 Å². The number of benzene rings is 1. The van der Waals surface area contributed by atoms with Crippen LogP contribution in [0.25, 0.3) is 6.08 Å². The van der Waals surface area contributed by atoms with Crippen LogP contribution in [0.5, 0.6) is 0 Å². The van der Waals surface area contributed by atoms with Crippen LogP contribution in [0, 0.1) is 5.92 Å². The monoisotopic (exact) mass is 203 g/mol. The first-order valence-electron chi connectivity index (χ1n) is 4.93. The molecule has 0 fully saturated rings. The second-order valence-corrected chi connectivity index (χ2v) is 3.79. The van der Waals surface area contributed by atoms with Crippen LogP contribution in [-0.2, 0) is 11.2 Å². The van der Waals surface area contributed by atoms with Crippen molar-refractivity contribution in [3.63, 3.8) is 0 Å². The van der Waals surface area contributed by atoms with Crippen molar-refractivity contribution in [1.29, 1.82) is 0 Å². The van der Waals surface area contributed by atoms with Crippen LogP contribution < -0.4 is 5.73 Å². The molecule has 0 unspecified atom stereocenters. The molecule has 78 valence electrons. The highest BCUT2D eigenvalue weighted by Crippen LogP contribution is 2.24. The van der Waals surface area contributed by atoms with Crippen molar-refractivity contribution >= 4 is 12.0 Å². The number of rotatable bonds is 2. The third-order valence-electron chi connectivity index (χ3n) is 2.78. The van der Waals surface area contributed by atoms with E-state index in [1.807, 2.05) is 36.4 Å². The fraction of sp³-hybridized carbons (Fsp3) is 0.250. The Hall–Kier alpha value is -1.61. The molecule has 2 atom stereocenters. The van der Waals surface area contributed by atoms with Gasteiger partial charge in [0.1, 0.15) is 6.04 Å². The molecule has 1 aromatic rings. The Morgan fingerprint density at radius 1 is 1.47 bits per heavy atom. The van der Waals surface area contributed by atoms with Gasteiger partial charge in [-0.1, -0.05) is 36.4 Å². The lowest BCUT2D eigenvalue weighted by atomic mass is 9.85. The number of hydrogen-bond donors (Lipinski definition) is 2. The summed E-state index contributed by atoms with van der Waals surface area (Å²) in [7, 11) is 0. The molecule has 0 bridgehead atoms. The first-order valence-corrected chi connectivity index (χ1v) is 4.93. The van der Waals surface area contributed by atoms with E-state index in [4.69, 9.17) is 10.8 Å². The van der Waals surface area contributed by atoms with Crippen LogP contribution in [0.3, 0.4) is 0 Å². The van der Waals surface area contributed by atoms with E-state index in [9.17, 15) is 4.79 Å². The molecule has 0 spiro atoms. The molecule has 1 aliphatic carbocycles. The van der Waals surface area contributed by atoms with E-state index < -0.39 is 12.0 Å². The van der Waals surface area contributed by atoms with Gasteiger partial charge in [0.05, 0.1) is 0 Å². The quantitative estimate of drug-likeness (QED) is 0.761. The zero-order valence-electron chi connectivity index (χ0n) is 8.26. The largest absolute Gasteiger partial charge is 0.480 e. The molecular formula is C12H13NO2. The summed E-state index contributed by atoms with van der Waals surface area (Å²) in [5, 5.41) is 8.82. The highest BCUT2D eigenvalue weighted by molar-refractivity contribution is 5.74. The summed E-state index contributed by atoms with van der Waals surface area (Å²) in [6, 6.07) is 7.16. The molecule has 15 heavy (non-hydrogen) atoms. The average Bonchev–Trinajstić information content (AvgIpc) is 2.27. The average molecular weight is 203 g/mol. The highest BCUT2D eigenvalue weighted by atomic mass is 16.4. The zero-order valence-corrected chi connectivity index (χ0v) is 8.26. The second-order valence-electron chi connectivity index (χ2n) is 3.79. The smallest absolute Gasteiger partial charge is 0.321 e. The summed E-state index contributed by atoms with van der Waals surface area (Å²) in [4.78, 5) is 10.8. The van der Waals surface area contributed by atoms with E-state index in [0.29, 0.717) is 6.42 Å². The Kier molecular flexibility index (Phi) is 2.56. The van der Waals surface area contributed by atoms with Crippen LogP contribution in [0.15, 0.2) is 30.3 Å². The van der Waals surface area contributed by atoms with E-state index >= 15 is 0 Å². The van der Waals surface area contributed by atoms with Gasteiger partial charge in [0.15, 0.2) is 0 Å². The number of carbonyl (C=O) groups is 1. The van der Waals surface area contributed by atoms with Gasteiger partial charge in [-0.25, -0.2) is 0 Å². The Morgan fingerprint density at radius 3 is 2.93 bits per heavy atom. The summed E-state index contributed by atoms with van der Waals surface area (Å²) in [6.45, 7) is 0. The first kappa shape index (κ1) is 9.93. The standard InChI is InChI=1S/C12H13NO2/c13-11(12(14)15)10-6-5-8-3-1-2-4-9(8)7-10/h1-6,10-11H,7,13H2,(H,14,15)/t10-,11-/m0/s1. The molecule has 0 aliphatic heterocycles. The van der Waals surface area contributed by atoms with Crippen molar-refractivity contribution in [2.24, 2.45) is 11.7 Å². The van der Waals surface area contributed by atoms with Gasteiger partial charge >= 0.3 is 5.97 Å². The number of carboxylic acid groups (broad SMARTS) is 1. The van der Waals surface area contributed by atoms with Crippen molar-refractivity contribution in [2.45, 2.75) is 12.5 Å². The fourth-order valence-electron chi connectivity index (χ4n) is 1.86. The predicted molar refractivity (Wildman–Crippen MR) is 58.3 cm³/mol. The van der Waals surface area contributed by atoms with Crippen molar-refractivity contribution < 1.29 is 9.90 Å². The maximum atomic E-state index is 10.8. The molecule has 3 N–H and O–H groups in total. The summed E-state index contributed by atoms with van der Waals surface area (Å²) in [6.07, 6.45) is 4.55. The minimum absolute atomic E-state index is 0.0996. The van der Waals surface area contributed by atoms with E-state index in [-0.39, 0.29) is 5.92 Å². The Morgan fingerprint density at radius 2 is 2.20 bits per heavy atom. The fourth-order valence-corrected chi connectivity index (χ4v) is 1.86. The summed E-state index contributed by atoms with van der Waals surface area (Å²) >= 11 is 0. The van der Waals surface area contributed by atoms with Gasteiger partial charge in [-0.15, -0.1) is 0 Å². The maximum absolute atomic E-state index is 10.8. The number of aliphatic carboxylic acids is 1. The lowest BCUT2D eigenvalue weighted by Crippen LogP contribution is -2.38. The molecule has 3 nitrogen and oxygen atoms in total. The molecule has 0 heterocycles. The molecule has 0 amide bonds. The SMILES string of the molecule is N[C@H](C(=O)O)[C@H]1C=Cc2ccccc2C1. The summed E-state index contributed by atoms with van der Waals surface area (Å²) < 4.78 is 0. The van der Waals surface area contributed by atoms with E-state index in [1.165, 1.54) is 5.56 Å². The lowest BCUT2D eigenvalue weighted by Gasteiger charge is -2.22. The van der Waals surface area contributed by atoms with Gasteiger partial charge in [-0.2, -0.15) is 0 Å². The maximum Gasteiger partial charge on any atom is 0.321 e. The third kappa shape index (κ3) is 1.92. The van der Waals surface area contributed by atoms with Crippen molar-refractivity contribution in [1.82, 2.24) is 0 Å². The second kappa shape index (κ2) is 3.87. The molecule has 1 aliphatic rings. The number of hydrogen-bond acceptors (Lipinski definition) is 2. The molecule has 2 rings (SSSR count). The Labute approximate surface area is 88.2 Å². The number of fused-ring (bicyclic) bond motifs is 1. The number of nitrogens with two attached hydrogens (primary N) is 1. The third-order valence-corrected chi connectivity index (χ3v) is 2.78. The number of carboxylic acids is 1. The summed E-state index contributed by atoms with van der Waals surface area (Å²) in [5.41, 5.74) is 7.92. The van der Waals surface area contributed by atoms with Gasteiger partial charge in [0.2, 0.25) is 0 Å². The minimum atomic E-state index is -0.941. The van der Waals surface area contributed by atoms with Crippen molar-refractivity contribution in [3.8, 4) is 0 Å². The minimum Gasteiger partial charge on any atom is -0.480 e. The predicted octanol–water partition coefficient (Wildman–Crippen LogP) is 1.28. The van der Waals surface area contributed by atoms with E-state index in [0.717, 1.165) is 5.56 Å². The molecule has 1 aromatic carbocycles. The van der Waals surface area contributed by atoms with Crippen LogP contribution in [-0.4, -0.2) is 17.1 Å². The van der Waals surface area contributed by atoms with E-state index in [1.54, 1.807) is 0 Å². The lowest BCUT2D eigenvalue weighted by molar-refractivity contribution is -0.139. The molecule has 0 radical (unpaired) electrons. The first-order chi connectivity index (χ1) is 7.18. The van der Waals surface area contributed by atoms with Gasteiger partial charge in [-0.05, 0) is 17.5 Å². The zero-order chi connectivity index (χ0) is 10.8. The van der Waals surface area contributed by atoms with Gasteiger partial charge in [0.25, 0.3) is 0 Å². The van der Waals surface area contributed by atoms with Crippen molar-refractivity contribution in [3.05, 3.63) is 41.5 Å². The van der Waals surface area contributed by atoms with Gasteiger partial charge in [-0.3, -0.25) is 4.79 Å². The molecule has 0 saturated heterocycles. The summed E-state index contributed by atoms with van der Waals surface area (Å²) in [5.74, 6) is -1.04. The normalized spacial score (nSPS) is 20.7. The highest BCUT2D eigenvalue weighted by Gasteiger charge is 2.24. The van der Waals surface area contributed by atoms with Crippen LogP contribution in [0.2, 0.25) is 0 Å². The topological polar surface area (TPSA) is 63.3 Å².